The van der Waals surface area contributed by atoms with Gasteiger partial charge in [-0.3, -0.25) is 0 Å². The van der Waals surface area contributed by atoms with Crippen molar-refractivity contribution in [1.82, 2.24) is 0 Å². The van der Waals surface area contributed by atoms with Crippen LogP contribution in [-0.4, -0.2) is 0 Å². The van der Waals surface area contributed by atoms with Crippen molar-refractivity contribution in [2.75, 3.05) is 0 Å². The van der Waals surface area contributed by atoms with Crippen molar-refractivity contribution in [2.24, 2.45) is 0 Å². The highest BCUT2D eigenvalue weighted by atomic mass is 14.2. The van der Waals surface area contributed by atoms with Gasteiger partial charge in [0.15, 0.2) is 0 Å². The summed E-state index contributed by atoms with van der Waals surface area (Å²) in [5.74, 6) is 0. The molecule has 0 atom stereocenters. The molecule has 0 spiro atoms. The van der Waals surface area contributed by atoms with E-state index in [1.165, 1.54) is 0 Å². The zero-order chi connectivity index (χ0) is 49.1. The highest BCUT2D eigenvalue weighted by molar-refractivity contribution is 6.24. The van der Waals surface area contributed by atoms with E-state index in [4.69, 9.17) is 24.7 Å². The van der Waals surface area contributed by atoms with Crippen LogP contribution in [0.25, 0.3) is 76.5 Å². The van der Waals surface area contributed by atoms with Gasteiger partial charge < -0.3 is 0 Å². The summed E-state index contributed by atoms with van der Waals surface area (Å²) in [6.45, 7) is 0. The maximum absolute atomic E-state index is 9.43. The van der Waals surface area contributed by atoms with Crippen LogP contribution in [-0.2, 0) is 0 Å². The van der Waals surface area contributed by atoms with E-state index >= 15 is 0 Å². The molecule has 0 aliphatic heterocycles. The number of hydrogen-bond donors (Lipinski definition) is 0. The van der Waals surface area contributed by atoms with Gasteiger partial charge >= 0.3 is 0 Å². The molecule has 0 nitrogen and oxygen atoms in total. The lowest BCUT2D eigenvalue weighted by Crippen LogP contribution is -1.92. The molecule has 186 valence electrons. The fourth-order valence-electron chi connectivity index (χ4n) is 4.72. The third kappa shape index (κ3) is 3.54. The van der Waals surface area contributed by atoms with Gasteiger partial charge in [-0.2, -0.15) is 0 Å². The summed E-state index contributed by atoms with van der Waals surface area (Å²) in [7, 11) is 0. The number of fused-ring (bicyclic) bond motifs is 4. The van der Waals surface area contributed by atoms with Crippen molar-refractivity contribution in [1.29, 1.82) is 0 Å². The lowest BCUT2D eigenvalue weighted by atomic mass is 9.84. The minimum atomic E-state index is -1.06. The molecule has 0 heteroatoms. The summed E-state index contributed by atoms with van der Waals surface area (Å²) < 4.78 is 231. The van der Waals surface area contributed by atoms with Crippen LogP contribution in [0.1, 0.15) is 35.6 Å². The minimum absolute atomic E-state index is 0.555. The highest BCUT2D eigenvalue weighted by Crippen LogP contribution is 2.46. The Balaban J connectivity index is 1.77. The number of hydrogen-bond acceptors (Lipinski definition) is 0. The van der Waals surface area contributed by atoms with Crippen LogP contribution < -0.4 is 0 Å². The molecule has 0 unspecified atom stereocenters. The first-order valence-electron chi connectivity index (χ1n) is 24.8. The third-order valence-corrected chi connectivity index (χ3v) is 6.38. The van der Waals surface area contributed by atoms with Gasteiger partial charge in [0.2, 0.25) is 0 Å². The summed E-state index contributed by atoms with van der Waals surface area (Å²) in [6, 6.07) is -24.5. The average molecular weight is 533 g/mol. The van der Waals surface area contributed by atoms with E-state index in [1.807, 2.05) is 0 Å². The lowest BCUT2D eigenvalue weighted by molar-refractivity contribution is 1.65. The van der Waals surface area contributed by atoms with Crippen LogP contribution in [0.3, 0.4) is 0 Å². The van der Waals surface area contributed by atoms with Crippen LogP contribution in [0.4, 0.5) is 0 Å². The molecular weight excluding hydrogens is 480 g/mol. The van der Waals surface area contributed by atoms with Crippen LogP contribution in [0.5, 0.6) is 0 Å². The molecular formula is C40H26. The monoisotopic (exact) mass is 532 g/mol. The molecule has 0 saturated carbocycles. The SMILES string of the molecule is [2H]c1c([2H])c([2H])c(-c2c3c([2H])c([2H])c([2H])c([2H])c3c(-c3c([2H])c([2H])c([2H])c4c(-c5c([2H])c([2H])c6c([2H])c([2H])c([2H])c([2H])c6c5[2H])c([2H])c([2H])c([2H])c34)c3c([2H])c([2H])c([2H])c([2H])c23)c([2H])c1[2H]. The van der Waals surface area contributed by atoms with E-state index in [1.54, 1.807) is 0 Å². The van der Waals surface area contributed by atoms with Crippen molar-refractivity contribution in [3.05, 3.63) is 157 Å². The van der Waals surface area contributed by atoms with Crippen LogP contribution in [0.2, 0.25) is 0 Å². The van der Waals surface area contributed by atoms with Gasteiger partial charge in [0.1, 0.15) is 0 Å². The summed E-state index contributed by atoms with van der Waals surface area (Å²) in [5, 5.41) is -5.53. The highest BCUT2D eigenvalue weighted by Gasteiger charge is 2.18. The first-order valence-corrected chi connectivity index (χ1v) is 11.8. The topological polar surface area (TPSA) is 0 Å². The largest absolute Gasteiger partial charge is 0.0636 e. The van der Waals surface area contributed by atoms with Crippen molar-refractivity contribution in [2.45, 2.75) is 0 Å². The summed E-state index contributed by atoms with van der Waals surface area (Å²) in [4.78, 5) is 0. The molecule has 0 amide bonds. The zero-order valence-electron chi connectivity index (χ0n) is 46.0. The standard InChI is InChI=1S/C40H26/c1-2-13-28(14-3-1)39-35-16-6-8-18-37(35)40(38-19-9-7-17-36(38)39)34-23-11-21-32-31(20-10-22-33(32)34)30-25-24-27-12-4-5-15-29(27)26-30/h1-26H/i1D,2D,3D,4D,5D,6D,7D,8D,9D,10D,11D,12D,13D,14D,15D,16D,17D,18D,19D,20D,21D,22D,23D,24D,25D,26D. The van der Waals surface area contributed by atoms with Crippen LogP contribution in [0, 0.1) is 0 Å². The van der Waals surface area contributed by atoms with Gasteiger partial charge in [-0.25, -0.2) is 0 Å². The molecule has 0 aliphatic rings. The van der Waals surface area contributed by atoms with Gasteiger partial charge in [-0.05, 0) is 82.5 Å². The first kappa shape index (κ1) is 8.65. The van der Waals surface area contributed by atoms with Gasteiger partial charge in [0.25, 0.3) is 0 Å². The van der Waals surface area contributed by atoms with Crippen LogP contribution >= 0.6 is 0 Å². The third-order valence-electron chi connectivity index (χ3n) is 6.38. The maximum Gasteiger partial charge on any atom is 0.0636 e. The zero-order valence-corrected chi connectivity index (χ0v) is 20.0. The van der Waals surface area contributed by atoms with E-state index in [2.05, 4.69) is 0 Å². The van der Waals surface area contributed by atoms with E-state index in [9.17, 15) is 11.0 Å². The smallest absolute Gasteiger partial charge is 0.0622 e. The Morgan fingerprint density at radius 3 is 1.48 bits per heavy atom. The Kier molecular flexibility index (Phi) is 1.99. The van der Waals surface area contributed by atoms with Gasteiger partial charge in [0.05, 0.1) is 35.6 Å². The normalized spacial score (nSPS) is 20.6. The average Bonchev–Trinajstić information content (AvgIpc) is 3.28. The van der Waals surface area contributed by atoms with Crippen molar-refractivity contribution < 1.29 is 35.6 Å². The molecule has 8 rings (SSSR count). The first-order chi connectivity index (χ1) is 30.7. The molecule has 0 heterocycles. The molecule has 8 aromatic rings. The molecule has 0 bridgehead atoms. The van der Waals surface area contributed by atoms with E-state index in [0.717, 1.165) is 0 Å². The second kappa shape index (κ2) is 9.22. The Hall–Kier alpha value is -5.20. The molecule has 0 aromatic heterocycles. The Morgan fingerprint density at radius 1 is 0.300 bits per heavy atom. The van der Waals surface area contributed by atoms with E-state index in [0.29, 0.717) is 0 Å². The van der Waals surface area contributed by atoms with Gasteiger partial charge in [-0.15, -0.1) is 0 Å². The van der Waals surface area contributed by atoms with E-state index in [-0.39, 0.29) is 0 Å². The molecule has 0 radical (unpaired) electrons. The van der Waals surface area contributed by atoms with Crippen molar-refractivity contribution >= 4 is 43.1 Å². The lowest BCUT2D eigenvalue weighted by Gasteiger charge is -2.19. The van der Waals surface area contributed by atoms with Crippen molar-refractivity contribution in [3.8, 4) is 33.4 Å². The quantitative estimate of drug-likeness (QED) is 0.198. The number of benzene rings is 8. The molecule has 0 N–H and O–H groups in total. The Labute approximate surface area is 270 Å². The second-order valence-corrected chi connectivity index (χ2v) is 8.50. The molecule has 0 saturated heterocycles. The molecule has 0 aliphatic carbocycles. The summed E-state index contributed by atoms with van der Waals surface area (Å²) in [6.07, 6.45) is 0. The predicted molar refractivity (Wildman–Crippen MR) is 173 cm³/mol. The van der Waals surface area contributed by atoms with Gasteiger partial charge in [0, 0.05) is 0 Å². The summed E-state index contributed by atoms with van der Waals surface area (Å²) in [5.41, 5.74) is -4.50. The Morgan fingerprint density at radius 2 is 0.800 bits per heavy atom. The van der Waals surface area contributed by atoms with E-state index < -0.39 is 234 Å². The second-order valence-electron chi connectivity index (χ2n) is 8.50. The van der Waals surface area contributed by atoms with Crippen molar-refractivity contribution in [3.63, 3.8) is 0 Å². The maximum atomic E-state index is 9.43. The fourth-order valence-corrected chi connectivity index (χ4v) is 4.72. The molecule has 8 aromatic carbocycles. The fraction of sp³-hybridized carbons (Fsp3) is 0. The molecule has 0 fully saturated rings. The minimum Gasteiger partial charge on any atom is -0.0622 e. The Bertz CT molecular complexity index is 3540. The number of rotatable bonds is 3. The molecule has 40 heavy (non-hydrogen) atoms. The predicted octanol–water partition coefficient (Wildman–Crippen LogP) is 11.3. The summed E-state index contributed by atoms with van der Waals surface area (Å²) >= 11 is 0. The van der Waals surface area contributed by atoms with Crippen LogP contribution in [0.15, 0.2) is 157 Å². The van der Waals surface area contributed by atoms with Gasteiger partial charge in [-0.1, -0.05) is 151 Å².